The highest BCUT2D eigenvalue weighted by Gasteiger charge is 2.23. The lowest BCUT2D eigenvalue weighted by Crippen LogP contribution is -2.32. The quantitative estimate of drug-likeness (QED) is 0.559. The summed E-state index contributed by atoms with van der Waals surface area (Å²) in [4.78, 5) is 12.9. The van der Waals surface area contributed by atoms with E-state index in [0.29, 0.717) is 17.5 Å². The molecule has 0 spiro atoms. The molecule has 0 amide bonds. The van der Waals surface area contributed by atoms with E-state index in [9.17, 15) is 0 Å². The van der Waals surface area contributed by atoms with Gasteiger partial charge in [0.15, 0.2) is 5.65 Å². The summed E-state index contributed by atoms with van der Waals surface area (Å²) in [6.45, 7) is 3.68. The predicted octanol–water partition coefficient (Wildman–Crippen LogP) is 2.36. The van der Waals surface area contributed by atoms with Crippen LogP contribution in [0.5, 0.6) is 0 Å². The standard InChI is InChI=1S/C19H20N8O/c1-11-24-18(26-28-11)13-6-4-12(5-7-13)16-15-17(20)22-10-23-19(15)27(25-16)14-3-2-8-21-9-14/h4-7,10,14,21H,2-3,8-9H2,1H3,(H2,20,22,23)/t14-/m1/s1. The monoisotopic (exact) mass is 376 g/mol. The molecule has 1 saturated heterocycles. The molecular weight excluding hydrogens is 356 g/mol. The van der Waals surface area contributed by atoms with Crippen molar-refractivity contribution in [1.82, 2.24) is 35.2 Å². The van der Waals surface area contributed by atoms with Crippen LogP contribution in [-0.4, -0.2) is 43.0 Å². The molecule has 1 fully saturated rings. The second-order valence-electron chi connectivity index (χ2n) is 6.97. The van der Waals surface area contributed by atoms with Crippen molar-refractivity contribution in [2.45, 2.75) is 25.8 Å². The Hall–Kier alpha value is -3.33. The smallest absolute Gasteiger partial charge is 0.223 e. The van der Waals surface area contributed by atoms with Gasteiger partial charge in [-0.15, -0.1) is 0 Å². The zero-order chi connectivity index (χ0) is 19.1. The van der Waals surface area contributed by atoms with Crippen LogP contribution in [0.25, 0.3) is 33.7 Å². The normalized spacial score (nSPS) is 17.2. The number of hydrogen-bond acceptors (Lipinski definition) is 8. The topological polar surface area (TPSA) is 121 Å². The molecule has 28 heavy (non-hydrogen) atoms. The lowest BCUT2D eigenvalue weighted by molar-refractivity contribution is 0.354. The average Bonchev–Trinajstić information content (AvgIpc) is 3.34. The maximum atomic E-state index is 6.21. The zero-order valence-electron chi connectivity index (χ0n) is 15.5. The highest BCUT2D eigenvalue weighted by atomic mass is 16.5. The van der Waals surface area contributed by atoms with Crippen LogP contribution in [0.2, 0.25) is 0 Å². The van der Waals surface area contributed by atoms with Crippen molar-refractivity contribution < 1.29 is 4.52 Å². The number of hydrogen-bond donors (Lipinski definition) is 2. The molecule has 3 N–H and O–H groups in total. The molecule has 5 rings (SSSR count). The Bertz CT molecular complexity index is 1120. The average molecular weight is 376 g/mol. The van der Waals surface area contributed by atoms with Gasteiger partial charge in [0, 0.05) is 24.6 Å². The van der Waals surface area contributed by atoms with Crippen LogP contribution in [-0.2, 0) is 0 Å². The summed E-state index contributed by atoms with van der Waals surface area (Å²) in [6, 6.07) is 8.12. The molecule has 1 atom stereocenters. The minimum Gasteiger partial charge on any atom is -0.383 e. The van der Waals surface area contributed by atoms with Crippen LogP contribution in [0, 0.1) is 6.92 Å². The summed E-state index contributed by atoms with van der Waals surface area (Å²) in [6.07, 6.45) is 3.67. The Labute approximate surface area is 161 Å². The van der Waals surface area contributed by atoms with E-state index in [4.69, 9.17) is 15.4 Å². The van der Waals surface area contributed by atoms with Crippen molar-refractivity contribution in [3.63, 3.8) is 0 Å². The van der Waals surface area contributed by atoms with Crippen molar-refractivity contribution in [2.24, 2.45) is 0 Å². The number of fused-ring (bicyclic) bond motifs is 1. The Morgan fingerprint density at radius 1 is 1.18 bits per heavy atom. The number of piperidine rings is 1. The molecule has 0 unspecified atom stereocenters. The molecule has 9 heteroatoms. The number of nitrogens with zero attached hydrogens (tertiary/aromatic N) is 6. The first-order valence-corrected chi connectivity index (χ1v) is 9.31. The van der Waals surface area contributed by atoms with Gasteiger partial charge in [-0.25, -0.2) is 14.6 Å². The molecule has 0 radical (unpaired) electrons. The van der Waals surface area contributed by atoms with E-state index >= 15 is 0 Å². The van der Waals surface area contributed by atoms with Gasteiger partial charge in [-0.2, -0.15) is 10.1 Å². The molecule has 0 saturated carbocycles. The first-order chi connectivity index (χ1) is 13.7. The van der Waals surface area contributed by atoms with E-state index < -0.39 is 0 Å². The Kier molecular flexibility index (Phi) is 4.01. The van der Waals surface area contributed by atoms with E-state index in [0.717, 1.165) is 53.8 Å². The third-order valence-corrected chi connectivity index (χ3v) is 5.08. The van der Waals surface area contributed by atoms with Gasteiger partial charge < -0.3 is 15.6 Å². The fraction of sp³-hybridized carbons (Fsp3) is 0.316. The highest BCUT2D eigenvalue weighted by Crippen LogP contribution is 2.33. The van der Waals surface area contributed by atoms with E-state index in [-0.39, 0.29) is 6.04 Å². The van der Waals surface area contributed by atoms with E-state index in [2.05, 4.69) is 25.4 Å². The second-order valence-corrected chi connectivity index (χ2v) is 6.97. The lowest BCUT2D eigenvalue weighted by Gasteiger charge is -2.23. The lowest BCUT2D eigenvalue weighted by atomic mass is 10.1. The molecular formula is C19H20N8O. The summed E-state index contributed by atoms with van der Waals surface area (Å²) in [5, 5.41) is 13.1. The summed E-state index contributed by atoms with van der Waals surface area (Å²) in [7, 11) is 0. The number of anilines is 1. The van der Waals surface area contributed by atoms with Crippen molar-refractivity contribution in [2.75, 3.05) is 18.8 Å². The molecule has 4 aromatic rings. The first kappa shape index (κ1) is 16.8. The Balaban J connectivity index is 1.60. The summed E-state index contributed by atoms with van der Waals surface area (Å²) >= 11 is 0. The maximum Gasteiger partial charge on any atom is 0.223 e. The third-order valence-electron chi connectivity index (χ3n) is 5.08. The number of benzene rings is 1. The van der Waals surface area contributed by atoms with Gasteiger partial charge in [-0.1, -0.05) is 29.4 Å². The first-order valence-electron chi connectivity index (χ1n) is 9.31. The molecule has 0 aliphatic carbocycles. The Morgan fingerprint density at radius 2 is 2.00 bits per heavy atom. The fourth-order valence-corrected chi connectivity index (χ4v) is 3.69. The number of nitrogens with two attached hydrogens (primary N) is 1. The van der Waals surface area contributed by atoms with E-state index in [1.807, 2.05) is 28.9 Å². The van der Waals surface area contributed by atoms with Gasteiger partial charge in [0.05, 0.1) is 11.4 Å². The van der Waals surface area contributed by atoms with Crippen LogP contribution >= 0.6 is 0 Å². The van der Waals surface area contributed by atoms with Crippen LogP contribution in [0.3, 0.4) is 0 Å². The molecule has 142 valence electrons. The van der Waals surface area contributed by atoms with Crippen molar-refractivity contribution in [1.29, 1.82) is 0 Å². The van der Waals surface area contributed by atoms with Gasteiger partial charge >= 0.3 is 0 Å². The van der Waals surface area contributed by atoms with Gasteiger partial charge in [0.1, 0.15) is 17.8 Å². The number of aryl methyl sites for hydroxylation is 1. The van der Waals surface area contributed by atoms with Crippen molar-refractivity contribution >= 4 is 16.9 Å². The van der Waals surface area contributed by atoms with Crippen LogP contribution in [0.1, 0.15) is 24.8 Å². The molecule has 1 aromatic carbocycles. The predicted molar refractivity (Wildman–Crippen MR) is 104 cm³/mol. The minimum absolute atomic E-state index is 0.251. The zero-order valence-corrected chi connectivity index (χ0v) is 15.5. The van der Waals surface area contributed by atoms with Gasteiger partial charge in [0.2, 0.25) is 11.7 Å². The second kappa shape index (κ2) is 6.68. The van der Waals surface area contributed by atoms with Gasteiger partial charge in [-0.05, 0) is 19.4 Å². The van der Waals surface area contributed by atoms with Crippen LogP contribution in [0.4, 0.5) is 5.82 Å². The number of rotatable bonds is 3. The fourth-order valence-electron chi connectivity index (χ4n) is 3.69. The van der Waals surface area contributed by atoms with Crippen LogP contribution in [0.15, 0.2) is 35.1 Å². The molecule has 1 aliphatic heterocycles. The summed E-state index contributed by atoms with van der Waals surface area (Å²) in [5.41, 5.74) is 9.59. The number of aromatic nitrogens is 6. The van der Waals surface area contributed by atoms with Gasteiger partial charge in [-0.3, -0.25) is 0 Å². The van der Waals surface area contributed by atoms with E-state index in [1.165, 1.54) is 6.33 Å². The van der Waals surface area contributed by atoms with E-state index in [1.54, 1.807) is 6.92 Å². The number of nitrogens with one attached hydrogen (secondary N) is 1. The molecule has 0 bridgehead atoms. The van der Waals surface area contributed by atoms with Crippen molar-refractivity contribution in [3.8, 4) is 22.6 Å². The molecule has 4 heterocycles. The summed E-state index contributed by atoms with van der Waals surface area (Å²) < 4.78 is 7.05. The van der Waals surface area contributed by atoms with Crippen LogP contribution < -0.4 is 11.1 Å². The molecule has 1 aliphatic rings. The maximum absolute atomic E-state index is 6.21. The largest absolute Gasteiger partial charge is 0.383 e. The number of nitrogen functional groups attached to an aromatic ring is 1. The highest BCUT2D eigenvalue weighted by molar-refractivity contribution is 5.98. The SMILES string of the molecule is Cc1nc(-c2ccc(-c3nn([C@@H]4CCCNC4)c4ncnc(N)c34)cc2)no1. The van der Waals surface area contributed by atoms with Crippen molar-refractivity contribution in [3.05, 3.63) is 36.5 Å². The minimum atomic E-state index is 0.251. The summed E-state index contributed by atoms with van der Waals surface area (Å²) in [5.74, 6) is 1.54. The third kappa shape index (κ3) is 2.80. The molecule has 3 aromatic heterocycles. The van der Waals surface area contributed by atoms with Gasteiger partial charge in [0.25, 0.3) is 0 Å². The Morgan fingerprint density at radius 3 is 2.71 bits per heavy atom. The molecule has 9 nitrogen and oxygen atoms in total.